The van der Waals surface area contributed by atoms with Crippen LogP contribution < -0.4 is 20.8 Å². The second-order valence-electron chi connectivity index (χ2n) is 8.93. The molecule has 0 radical (unpaired) electrons. The van der Waals surface area contributed by atoms with Crippen LogP contribution in [0.2, 0.25) is 0 Å². The van der Waals surface area contributed by atoms with Crippen molar-refractivity contribution in [1.29, 1.82) is 0 Å². The maximum atomic E-state index is 13.5. The summed E-state index contributed by atoms with van der Waals surface area (Å²) in [5.74, 6) is -0.622. The monoisotopic (exact) mass is 475 g/mol. The number of carbonyl (C=O) groups is 3. The van der Waals surface area contributed by atoms with Crippen LogP contribution in [0.5, 0.6) is 11.5 Å². The first-order valence-corrected chi connectivity index (χ1v) is 11.3. The Morgan fingerprint density at radius 1 is 1.09 bits per heavy atom. The molecule has 5 heterocycles. The number of Topliss-reactive ketones (excluding diaryl/α,β-unsaturated/α-hetero) is 1. The van der Waals surface area contributed by atoms with Crippen LogP contribution in [0.3, 0.4) is 0 Å². The van der Waals surface area contributed by atoms with E-state index in [1.807, 2.05) is 12.1 Å². The molecule has 0 fully saturated rings. The molecule has 0 bridgehead atoms. The van der Waals surface area contributed by atoms with Crippen LogP contribution in [-0.4, -0.2) is 34.0 Å². The van der Waals surface area contributed by atoms with Gasteiger partial charge in [0.05, 0.1) is 29.0 Å². The van der Waals surface area contributed by atoms with E-state index in [1.54, 1.807) is 23.6 Å². The van der Waals surface area contributed by atoms with Crippen molar-refractivity contribution in [3.8, 4) is 22.9 Å². The van der Waals surface area contributed by atoms with Gasteiger partial charge in [-0.15, -0.1) is 0 Å². The SMILES string of the molecule is CC[C@@]1(C(=O)CCC(N)=O)C(=O)OCc2c1cc1n(c2=O)Cc2cc3cc4c(cc3nc2-1)OCO4. The van der Waals surface area contributed by atoms with Crippen LogP contribution in [0.1, 0.15) is 42.9 Å². The lowest BCUT2D eigenvalue weighted by Gasteiger charge is -2.35. The Kier molecular flexibility index (Phi) is 4.51. The number of benzene rings is 1. The summed E-state index contributed by atoms with van der Waals surface area (Å²) in [5, 5.41) is 0.849. The summed E-state index contributed by atoms with van der Waals surface area (Å²) < 4.78 is 17.9. The molecule has 3 aliphatic rings. The molecule has 0 saturated heterocycles. The number of pyridine rings is 2. The lowest BCUT2D eigenvalue weighted by atomic mass is 9.70. The van der Waals surface area contributed by atoms with E-state index < -0.39 is 23.1 Å². The number of hydrogen-bond acceptors (Lipinski definition) is 8. The number of aromatic nitrogens is 2. The van der Waals surface area contributed by atoms with Gasteiger partial charge in [-0.2, -0.15) is 0 Å². The first kappa shape index (κ1) is 21.3. The van der Waals surface area contributed by atoms with Gasteiger partial charge < -0.3 is 24.5 Å². The maximum absolute atomic E-state index is 13.5. The number of ketones is 1. The number of cyclic esters (lactones) is 1. The highest BCUT2D eigenvalue weighted by atomic mass is 16.7. The van der Waals surface area contributed by atoms with Crippen molar-refractivity contribution in [1.82, 2.24) is 9.55 Å². The third kappa shape index (κ3) is 2.92. The predicted molar refractivity (Wildman–Crippen MR) is 122 cm³/mol. The molecule has 6 rings (SSSR count). The van der Waals surface area contributed by atoms with E-state index in [2.05, 4.69) is 0 Å². The maximum Gasteiger partial charge on any atom is 0.324 e. The average molecular weight is 475 g/mol. The molecule has 2 aromatic heterocycles. The van der Waals surface area contributed by atoms with Crippen molar-refractivity contribution < 1.29 is 28.6 Å². The van der Waals surface area contributed by atoms with Gasteiger partial charge in [0, 0.05) is 29.9 Å². The summed E-state index contributed by atoms with van der Waals surface area (Å²) in [5.41, 5.74) is 6.44. The number of primary amides is 1. The van der Waals surface area contributed by atoms with Crippen molar-refractivity contribution in [2.24, 2.45) is 5.73 Å². The minimum Gasteiger partial charge on any atom is -0.460 e. The van der Waals surface area contributed by atoms with Gasteiger partial charge in [-0.05, 0) is 30.2 Å². The molecular weight excluding hydrogens is 454 g/mol. The van der Waals surface area contributed by atoms with Crippen LogP contribution in [-0.2, 0) is 37.7 Å². The van der Waals surface area contributed by atoms with E-state index in [-0.39, 0.29) is 43.8 Å². The van der Waals surface area contributed by atoms with Gasteiger partial charge in [-0.1, -0.05) is 6.92 Å². The second kappa shape index (κ2) is 7.39. The highest BCUT2D eigenvalue weighted by Gasteiger charge is 2.51. The first-order valence-electron chi connectivity index (χ1n) is 11.3. The Hall–Kier alpha value is -4.21. The molecule has 1 aromatic carbocycles. The molecule has 0 spiro atoms. The fourth-order valence-corrected chi connectivity index (χ4v) is 5.30. The van der Waals surface area contributed by atoms with Crippen LogP contribution in [0.25, 0.3) is 22.3 Å². The molecule has 3 aromatic rings. The summed E-state index contributed by atoms with van der Waals surface area (Å²) in [7, 11) is 0. The van der Waals surface area contributed by atoms with E-state index in [1.165, 1.54) is 0 Å². The lowest BCUT2D eigenvalue weighted by molar-refractivity contribution is -0.158. The Morgan fingerprint density at radius 2 is 1.86 bits per heavy atom. The Bertz CT molecular complexity index is 1540. The van der Waals surface area contributed by atoms with E-state index in [0.717, 1.165) is 10.9 Å². The number of amides is 1. The second-order valence-corrected chi connectivity index (χ2v) is 8.93. The normalized spacial score (nSPS) is 19.2. The highest BCUT2D eigenvalue weighted by molar-refractivity contribution is 6.11. The summed E-state index contributed by atoms with van der Waals surface area (Å²) in [6.45, 7) is 1.92. The van der Waals surface area contributed by atoms with Crippen molar-refractivity contribution in [2.45, 2.75) is 44.8 Å². The lowest BCUT2D eigenvalue weighted by Crippen LogP contribution is -2.50. The largest absolute Gasteiger partial charge is 0.460 e. The Labute approximate surface area is 198 Å². The zero-order valence-electron chi connectivity index (χ0n) is 18.9. The minimum atomic E-state index is -1.68. The van der Waals surface area contributed by atoms with Gasteiger partial charge in [0.25, 0.3) is 5.56 Å². The molecule has 2 N–H and O–H groups in total. The van der Waals surface area contributed by atoms with Gasteiger partial charge in [-0.3, -0.25) is 19.2 Å². The van der Waals surface area contributed by atoms with E-state index in [4.69, 9.17) is 24.9 Å². The fraction of sp³-hybridized carbons (Fsp3) is 0.320. The van der Waals surface area contributed by atoms with Crippen LogP contribution >= 0.6 is 0 Å². The molecule has 0 aliphatic carbocycles. The topological polar surface area (TPSA) is 140 Å². The molecule has 10 nitrogen and oxygen atoms in total. The molecule has 178 valence electrons. The van der Waals surface area contributed by atoms with E-state index in [9.17, 15) is 19.2 Å². The standard InChI is InChI=1S/C25H21N3O7/c1-2-25(20(29)3-4-21(26)30)15-7-17-22-13(9-28(17)23(31)14(15)10-33-24(25)32)5-12-6-18-19(35-11-34-18)8-16(12)27-22/h5-8H,2-4,9-11H2,1H3,(H2,26,30)/t25-/m1/s1. The van der Waals surface area contributed by atoms with Crippen molar-refractivity contribution in [3.63, 3.8) is 0 Å². The summed E-state index contributed by atoms with van der Waals surface area (Å²) >= 11 is 0. The zero-order chi connectivity index (χ0) is 24.5. The fourth-order valence-electron chi connectivity index (χ4n) is 5.30. The minimum absolute atomic E-state index is 0.0841. The number of nitrogens with zero attached hydrogens (tertiary/aromatic N) is 2. The number of hydrogen-bond donors (Lipinski definition) is 1. The smallest absolute Gasteiger partial charge is 0.324 e. The number of ether oxygens (including phenoxy) is 3. The number of rotatable bonds is 5. The average Bonchev–Trinajstić information content (AvgIpc) is 3.44. The highest BCUT2D eigenvalue weighted by Crippen LogP contribution is 2.42. The summed E-state index contributed by atoms with van der Waals surface area (Å²) in [6.07, 6.45) is -0.330. The number of carbonyl (C=O) groups excluding carboxylic acids is 3. The van der Waals surface area contributed by atoms with Crippen LogP contribution in [0, 0.1) is 0 Å². The first-order chi connectivity index (χ1) is 16.8. The van der Waals surface area contributed by atoms with Crippen LogP contribution in [0.4, 0.5) is 0 Å². The Balaban J connectivity index is 1.54. The van der Waals surface area contributed by atoms with Crippen molar-refractivity contribution in [2.75, 3.05) is 6.79 Å². The third-order valence-corrected chi connectivity index (χ3v) is 7.12. The molecule has 1 atom stereocenters. The quantitative estimate of drug-likeness (QED) is 0.340. The number of nitrogens with two attached hydrogens (primary N) is 1. The van der Waals surface area contributed by atoms with Gasteiger partial charge in [0.15, 0.2) is 22.7 Å². The molecule has 3 aliphatic heterocycles. The Morgan fingerprint density at radius 3 is 2.60 bits per heavy atom. The summed E-state index contributed by atoms with van der Waals surface area (Å²) in [6, 6.07) is 7.31. The predicted octanol–water partition coefficient (Wildman–Crippen LogP) is 1.69. The zero-order valence-corrected chi connectivity index (χ0v) is 18.9. The van der Waals surface area contributed by atoms with E-state index in [0.29, 0.717) is 40.5 Å². The number of esters is 1. The van der Waals surface area contributed by atoms with Crippen molar-refractivity contribution in [3.05, 3.63) is 51.3 Å². The summed E-state index contributed by atoms with van der Waals surface area (Å²) in [4.78, 5) is 56.0. The van der Waals surface area contributed by atoms with E-state index >= 15 is 0 Å². The molecule has 10 heteroatoms. The van der Waals surface area contributed by atoms with Gasteiger partial charge in [0.2, 0.25) is 12.7 Å². The van der Waals surface area contributed by atoms with Gasteiger partial charge in [0.1, 0.15) is 6.61 Å². The molecule has 0 unspecified atom stereocenters. The van der Waals surface area contributed by atoms with Gasteiger partial charge in [-0.25, -0.2) is 4.98 Å². The molecule has 35 heavy (non-hydrogen) atoms. The molecule has 1 amide bonds. The third-order valence-electron chi connectivity index (χ3n) is 7.12. The van der Waals surface area contributed by atoms with Gasteiger partial charge >= 0.3 is 5.97 Å². The number of fused-ring (bicyclic) bond motifs is 6. The van der Waals surface area contributed by atoms with Crippen LogP contribution in [0.15, 0.2) is 29.1 Å². The molecule has 0 saturated carbocycles. The molecular formula is C25H21N3O7. The van der Waals surface area contributed by atoms with Crippen molar-refractivity contribution >= 4 is 28.6 Å².